The van der Waals surface area contributed by atoms with Crippen molar-refractivity contribution in [3.8, 4) is 11.6 Å². The molecule has 17 heavy (non-hydrogen) atoms. The molecular weight excluding hydrogens is 238 g/mol. The van der Waals surface area contributed by atoms with E-state index in [-0.39, 0.29) is 0 Å². The number of aryl methyl sites for hydroxylation is 2. The summed E-state index contributed by atoms with van der Waals surface area (Å²) in [5.41, 5.74) is 7.25. The SMILES string of the molecule is CCn1nc(C)c(N)c1Oc1cccc(Cl)c1. The first-order valence-electron chi connectivity index (χ1n) is 5.38. The van der Waals surface area contributed by atoms with Crippen molar-refractivity contribution in [3.63, 3.8) is 0 Å². The molecule has 0 fully saturated rings. The second kappa shape index (κ2) is 4.67. The fourth-order valence-corrected chi connectivity index (χ4v) is 1.72. The van der Waals surface area contributed by atoms with Gasteiger partial charge >= 0.3 is 0 Å². The van der Waals surface area contributed by atoms with Gasteiger partial charge in [0.05, 0.1) is 5.69 Å². The van der Waals surface area contributed by atoms with E-state index in [2.05, 4.69) is 5.10 Å². The lowest BCUT2D eigenvalue weighted by atomic mass is 10.3. The summed E-state index contributed by atoms with van der Waals surface area (Å²) in [6, 6.07) is 7.19. The van der Waals surface area contributed by atoms with Gasteiger partial charge in [-0.05, 0) is 32.0 Å². The lowest BCUT2D eigenvalue weighted by Gasteiger charge is -2.08. The van der Waals surface area contributed by atoms with Crippen LogP contribution < -0.4 is 10.5 Å². The van der Waals surface area contributed by atoms with Crippen molar-refractivity contribution in [3.05, 3.63) is 35.0 Å². The molecule has 2 aromatic rings. The van der Waals surface area contributed by atoms with Crippen LogP contribution in [-0.4, -0.2) is 9.78 Å². The minimum Gasteiger partial charge on any atom is -0.437 e. The third kappa shape index (κ3) is 2.36. The van der Waals surface area contributed by atoms with E-state index in [1.165, 1.54) is 0 Å². The van der Waals surface area contributed by atoms with E-state index in [1.807, 2.05) is 26.0 Å². The highest BCUT2D eigenvalue weighted by molar-refractivity contribution is 6.30. The van der Waals surface area contributed by atoms with E-state index >= 15 is 0 Å². The highest BCUT2D eigenvalue weighted by Gasteiger charge is 2.13. The number of hydrogen-bond donors (Lipinski definition) is 1. The summed E-state index contributed by atoms with van der Waals surface area (Å²) in [5, 5.41) is 4.91. The van der Waals surface area contributed by atoms with Gasteiger partial charge in [0.2, 0.25) is 5.88 Å². The van der Waals surface area contributed by atoms with Crippen molar-refractivity contribution >= 4 is 17.3 Å². The largest absolute Gasteiger partial charge is 0.437 e. The van der Waals surface area contributed by atoms with Crippen LogP contribution >= 0.6 is 11.6 Å². The first-order valence-corrected chi connectivity index (χ1v) is 5.76. The molecule has 0 unspecified atom stereocenters. The van der Waals surface area contributed by atoms with Gasteiger partial charge in [-0.3, -0.25) is 0 Å². The van der Waals surface area contributed by atoms with Crippen molar-refractivity contribution in [2.24, 2.45) is 0 Å². The molecule has 0 saturated heterocycles. The number of ether oxygens (including phenoxy) is 1. The van der Waals surface area contributed by atoms with E-state index < -0.39 is 0 Å². The molecule has 1 aromatic heterocycles. The molecule has 1 heterocycles. The number of nitrogens with two attached hydrogens (primary N) is 1. The predicted octanol–water partition coefficient (Wildman–Crippen LogP) is 3.24. The standard InChI is InChI=1S/C12H14ClN3O/c1-3-16-12(11(14)8(2)15-16)17-10-6-4-5-9(13)7-10/h4-7H,3,14H2,1-2H3. The van der Waals surface area contributed by atoms with Gasteiger partial charge in [-0.25, -0.2) is 4.68 Å². The average Bonchev–Trinajstić information content (AvgIpc) is 2.57. The Balaban J connectivity index is 2.35. The van der Waals surface area contributed by atoms with Crippen LogP contribution in [0, 0.1) is 6.92 Å². The molecule has 0 radical (unpaired) electrons. The second-order valence-corrected chi connectivity index (χ2v) is 4.12. The van der Waals surface area contributed by atoms with Crippen molar-refractivity contribution in [1.29, 1.82) is 0 Å². The third-order valence-corrected chi connectivity index (χ3v) is 2.67. The Labute approximate surface area is 105 Å². The predicted molar refractivity (Wildman–Crippen MR) is 68.6 cm³/mol. The van der Waals surface area contributed by atoms with Gasteiger partial charge in [-0.15, -0.1) is 0 Å². The Hall–Kier alpha value is -1.68. The van der Waals surface area contributed by atoms with E-state index in [4.69, 9.17) is 22.1 Å². The Morgan fingerprint density at radius 3 is 2.88 bits per heavy atom. The molecular formula is C12H14ClN3O. The van der Waals surface area contributed by atoms with Crippen LogP contribution in [0.5, 0.6) is 11.6 Å². The van der Waals surface area contributed by atoms with Crippen LogP contribution in [-0.2, 0) is 6.54 Å². The second-order valence-electron chi connectivity index (χ2n) is 3.68. The molecule has 0 saturated carbocycles. The normalized spacial score (nSPS) is 10.5. The summed E-state index contributed by atoms with van der Waals surface area (Å²) < 4.78 is 7.45. The average molecular weight is 252 g/mol. The van der Waals surface area contributed by atoms with E-state index in [0.717, 1.165) is 5.69 Å². The zero-order valence-corrected chi connectivity index (χ0v) is 10.5. The van der Waals surface area contributed by atoms with Gasteiger partial charge in [0, 0.05) is 11.6 Å². The monoisotopic (exact) mass is 251 g/mol. The topological polar surface area (TPSA) is 53.1 Å². The van der Waals surface area contributed by atoms with Gasteiger partial charge in [-0.1, -0.05) is 17.7 Å². The molecule has 2 rings (SSSR count). The number of benzene rings is 1. The number of halogens is 1. The van der Waals surface area contributed by atoms with Crippen LogP contribution in [0.25, 0.3) is 0 Å². The molecule has 1 aromatic carbocycles. The summed E-state index contributed by atoms with van der Waals surface area (Å²) in [7, 11) is 0. The minimum absolute atomic E-state index is 0.562. The molecule has 0 aliphatic heterocycles. The van der Waals surface area contributed by atoms with Crippen molar-refractivity contribution in [1.82, 2.24) is 9.78 Å². The van der Waals surface area contributed by atoms with Gasteiger partial charge in [0.1, 0.15) is 11.4 Å². The highest BCUT2D eigenvalue weighted by Crippen LogP contribution is 2.30. The number of rotatable bonds is 3. The molecule has 5 heteroatoms. The fraction of sp³-hybridized carbons (Fsp3) is 0.250. The number of nitrogen functional groups attached to an aromatic ring is 1. The van der Waals surface area contributed by atoms with Crippen LogP contribution in [0.4, 0.5) is 5.69 Å². The maximum Gasteiger partial charge on any atom is 0.241 e. The van der Waals surface area contributed by atoms with Crippen molar-refractivity contribution < 1.29 is 4.74 Å². The van der Waals surface area contributed by atoms with Gasteiger partial charge in [-0.2, -0.15) is 5.10 Å². The Kier molecular flexibility index (Phi) is 3.24. The Bertz CT molecular complexity index is 537. The van der Waals surface area contributed by atoms with E-state index in [0.29, 0.717) is 28.9 Å². The molecule has 4 nitrogen and oxygen atoms in total. The molecule has 0 spiro atoms. The van der Waals surface area contributed by atoms with Crippen LogP contribution in [0.15, 0.2) is 24.3 Å². The molecule has 0 atom stereocenters. The maximum absolute atomic E-state index is 5.92. The zero-order valence-electron chi connectivity index (χ0n) is 9.77. The number of nitrogens with zero attached hydrogens (tertiary/aromatic N) is 2. The quantitative estimate of drug-likeness (QED) is 0.911. The number of anilines is 1. The minimum atomic E-state index is 0.562. The molecule has 90 valence electrons. The number of aromatic nitrogens is 2. The summed E-state index contributed by atoms with van der Waals surface area (Å²) in [4.78, 5) is 0. The van der Waals surface area contributed by atoms with Crippen LogP contribution in [0.1, 0.15) is 12.6 Å². The van der Waals surface area contributed by atoms with Crippen LogP contribution in [0.2, 0.25) is 5.02 Å². The van der Waals surface area contributed by atoms with Gasteiger partial charge < -0.3 is 10.5 Å². The molecule has 0 aliphatic rings. The summed E-state index contributed by atoms with van der Waals surface area (Å²) >= 11 is 5.90. The lowest BCUT2D eigenvalue weighted by Crippen LogP contribution is -2.00. The van der Waals surface area contributed by atoms with Crippen LogP contribution in [0.3, 0.4) is 0 Å². The van der Waals surface area contributed by atoms with E-state index in [1.54, 1.807) is 16.8 Å². The number of hydrogen-bond acceptors (Lipinski definition) is 3. The van der Waals surface area contributed by atoms with Crippen molar-refractivity contribution in [2.45, 2.75) is 20.4 Å². The first kappa shape index (κ1) is 11.8. The van der Waals surface area contributed by atoms with Gasteiger partial charge in [0.25, 0.3) is 0 Å². The smallest absolute Gasteiger partial charge is 0.241 e. The summed E-state index contributed by atoms with van der Waals surface area (Å²) in [6.45, 7) is 4.54. The maximum atomic E-state index is 5.92. The lowest BCUT2D eigenvalue weighted by molar-refractivity contribution is 0.418. The summed E-state index contributed by atoms with van der Waals surface area (Å²) in [6.07, 6.45) is 0. The summed E-state index contributed by atoms with van der Waals surface area (Å²) in [5.74, 6) is 1.21. The molecule has 0 aliphatic carbocycles. The Morgan fingerprint density at radius 1 is 1.47 bits per heavy atom. The molecule has 0 amide bonds. The van der Waals surface area contributed by atoms with E-state index in [9.17, 15) is 0 Å². The van der Waals surface area contributed by atoms with Crippen molar-refractivity contribution in [2.75, 3.05) is 5.73 Å². The molecule has 2 N–H and O–H groups in total. The fourth-order valence-electron chi connectivity index (χ4n) is 1.54. The Morgan fingerprint density at radius 2 is 2.24 bits per heavy atom. The zero-order chi connectivity index (χ0) is 12.4. The van der Waals surface area contributed by atoms with Gasteiger partial charge in [0.15, 0.2) is 0 Å². The molecule has 0 bridgehead atoms. The highest BCUT2D eigenvalue weighted by atomic mass is 35.5. The third-order valence-electron chi connectivity index (χ3n) is 2.44. The first-order chi connectivity index (χ1) is 8.11.